The average Bonchev–Trinajstić information content (AvgIpc) is 2.89. The molecule has 4 atom stereocenters. The maximum atomic E-state index is 13.5. The van der Waals surface area contributed by atoms with E-state index in [-0.39, 0.29) is 41.2 Å². The second-order valence-electron chi connectivity index (χ2n) is 9.54. The van der Waals surface area contributed by atoms with Crippen molar-refractivity contribution in [3.05, 3.63) is 101 Å². The predicted octanol–water partition coefficient (Wildman–Crippen LogP) is 4.57. The standard InChI is InChI=1S/C29H30F2NOS.C2H6.Na/c30-24-13-7-20(8-14-24)3-1-6-28-29(32(34-28)26-17-15-25(31)16-18-26)22-11-9-21(10-12-22)23-4-2-5-27(33)19-23;1-2;/h2,4-5,7-9,13-18,22,27-29H,1,3,6,10-12,19H2;1-2H3;/q-1;;+1. The summed E-state index contributed by atoms with van der Waals surface area (Å²) >= 11 is 1.87. The van der Waals surface area contributed by atoms with Gasteiger partial charge in [-0.25, -0.2) is 8.78 Å². The molecule has 2 aromatic carbocycles. The second-order valence-corrected chi connectivity index (χ2v) is 10.7. The molecule has 2 nitrogen and oxygen atoms in total. The Bertz CT molecular complexity index is 1080. The molecule has 5 rings (SSSR count). The first-order valence-corrected chi connectivity index (χ1v) is 14.1. The molecule has 0 radical (unpaired) electrons. The molecule has 6 heteroatoms. The van der Waals surface area contributed by atoms with Gasteiger partial charge in [0.2, 0.25) is 0 Å². The quantitative estimate of drug-likeness (QED) is 0.387. The van der Waals surface area contributed by atoms with Crippen molar-refractivity contribution in [2.45, 2.75) is 76.2 Å². The Balaban J connectivity index is 0.00000124. The molecule has 0 amide bonds. The third kappa shape index (κ3) is 7.83. The zero-order valence-corrected chi connectivity index (χ0v) is 25.0. The molecule has 37 heavy (non-hydrogen) atoms. The van der Waals surface area contributed by atoms with Gasteiger partial charge in [0.05, 0.1) is 6.04 Å². The van der Waals surface area contributed by atoms with E-state index in [4.69, 9.17) is 0 Å². The van der Waals surface area contributed by atoms with Gasteiger partial charge >= 0.3 is 29.6 Å². The summed E-state index contributed by atoms with van der Waals surface area (Å²) < 4.78 is 29.1. The summed E-state index contributed by atoms with van der Waals surface area (Å²) in [5.74, 6) is 0.135. The molecule has 4 unspecified atom stereocenters. The first-order chi connectivity index (χ1) is 17.6. The van der Waals surface area contributed by atoms with Gasteiger partial charge in [-0.3, -0.25) is 0 Å². The average molecular weight is 532 g/mol. The predicted molar refractivity (Wildman–Crippen MR) is 146 cm³/mol. The molecule has 0 bridgehead atoms. The van der Waals surface area contributed by atoms with E-state index in [0.29, 0.717) is 23.6 Å². The first-order valence-electron chi connectivity index (χ1n) is 13.3. The minimum absolute atomic E-state index is 0. The van der Waals surface area contributed by atoms with Crippen molar-refractivity contribution in [3.8, 4) is 0 Å². The molecular formula is C31H36F2NNaOS. The number of nitrogens with zero attached hydrogens (tertiary/aromatic N) is 1. The van der Waals surface area contributed by atoms with Crippen molar-refractivity contribution >= 4 is 17.6 Å². The van der Waals surface area contributed by atoms with Crippen LogP contribution < -0.4 is 39.0 Å². The molecule has 192 valence electrons. The van der Waals surface area contributed by atoms with Crippen molar-refractivity contribution in [2.75, 3.05) is 4.31 Å². The van der Waals surface area contributed by atoms with E-state index in [9.17, 15) is 13.9 Å². The first kappa shape index (κ1) is 30.2. The molecule has 0 saturated carbocycles. The zero-order valence-electron chi connectivity index (χ0n) is 22.2. The Kier molecular flexibility index (Phi) is 12.0. The topological polar surface area (TPSA) is 26.3 Å². The Morgan fingerprint density at radius 2 is 1.65 bits per heavy atom. The molecule has 3 aliphatic rings. The number of aryl methyl sites for hydroxylation is 1. The Morgan fingerprint density at radius 1 is 0.973 bits per heavy atom. The van der Waals surface area contributed by atoms with Crippen LogP contribution in [0.15, 0.2) is 84.0 Å². The molecule has 2 aromatic rings. The van der Waals surface area contributed by atoms with Crippen molar-refractivity contribution < 1.29 is 43.4 Å². The fourth-order valence-electron chi connectivity index (χ4n) is 5.41. The third-order valence-electron chi connectivity index (χ3n) is 7.24. The zero-order chi connectivity index (χ0) is 25.5. The van der Waals surface area contributed by atoms with Crippen LogP contribution >= 0.6 is 11.9 Å². The van der Waals surface area contributed by atoms with Gasteiger partial charge < -0.3 is 9.41 Å². The molecule has 0 N–H and O–H groups in total. The normalized spacial score (nSPS) is 24.6. The Labute approximate surface area is 247 Å². The van der Waals surface area contributed by atoms with E-state index >= 15 is 0 Å². The van der Waals surface area contributed by atoms with Crippen LogP contribution in [0.3, 0.4) is 0 Å². The van der Waals surface area contributed by atoms with Crippen LogP contribution in [0.4, 0.5) is 14.5 Å². The van der Waals surface area contributed by atoms with Crippen molar-refractivity contribution in [2.24, 2.45) is 5.92 Å². The summed E-state index contributed by atoms with van der Waals surface area (Å²) in [7, 11) is 0. The fourth-order valence-corrected chi connectivity index (χ4v) is 6.95. The summed E-state index contributed by atoms with van der Waals surface area (Å²) in [6.07, 6.45) is 14.3. The van der Waals surface area contributed by atoms with E-state index in [1.54, 1.807) is 6.08 Å². The number of hydrogen-bond donors (Lipinski definition) is 0. The maximum absolute atomic E-state index is 13.5. The van der Waals surface area contributed by atoms with Crippen molar-refractivity contribution in [1.29, 1.82) is 0 Å². The Morgan fingerprint density at radius 3 is 2.27 bits per heavy atom. The minimum atomic E-state index is -0.624. The van der Waals surface area contributed by atoms with E-state index in [2.05, 4.69) is 16.5 Å². The number of hydrogen-bond acceptors (Lipinski definition) is 3. The summed E-state index contributed by atoms with van der Waals surface area (Å²) in [6.45, 7) is 4.00. The SMILES string of the molecule is CC.[Na+].[O-]C1C=CC=C(C2=CCC(C3C(CCCc4ccc(F)cc4)SN3c3ccc(F)cc3)CC2)C1. The number of halogens is 2. The van der Waals surface area contributed by atoms with Gasteiger partial charge in [-0.15, -0.1) is 6.10 Å². The Hall–Kier alpha value is -1.37. The van der Waals surface area contributed by atoms with E-state index in [1.807, 2.05) is 56.1 Å². The van der Waals surface area contributed by atoms with E-state index in [0.717, 1.165) is 44.2 Å². The van der Waals surface area contributed by atoms with Crippen LogP contribution in [0.5, 0.6) is 0 Å². The van der Waals surface area contributed by atoms with Gasteiger partial charge in [0.1, 0.15) is 11.6 Å². The van der Waals surface area contributed by atoms with Crippen LogP contribution in [0.1, 0.15) is 57.9 Å². The maximum Gasteiger partial charge on any atom is 1.00 e. The number of rotatable bonds is 7. The van der Waals surface area contributed by atoms with Crippen LogP contribution in [-0.4, -0.2) is 17.4 Å². The number of anilines is 1. The smallest absolute Gasteiger partial charge is 0.849 e. The van der Waals surface area contributed by atoms with E-state index < -0.39 is 6.10 Å². The van der Waals surface area contributed by atoms with Crippen LogP contribution in [0.2, 0.25) is 0 Å². The van der Waals surface area contributed by atoms with Gasteiger partial charge in [0.25, 0.3) is 0 Å². The monoisotopic (exact) mass is 531 g/mol. The largest absolute Gasteiger partial charge is 1.00 e. The van der Waals surface area contributed by atoms with Gasteiger partial charge in [-0.05, 0) is 116 Å². The molecule has 2 aliphatic carbocycles. The number of benzene rings is 2. The summed E-state index contributed by atoms with van der Waals surface area (Å²) in [4.78, 5) is 0. The summed E-state index contributed by atoms with van der Waals surface area (Å²) in [5.41, 5.74) is 4.79. The van der Waals surface area contributed by atoms with Crippen molar-refractivity contribution in [1.82, 2.24) is 0 Å². The molecule has 1 aliphatic heterocycles. The summed E-state index contributed by atoms with van der Waals surface area (Å²) in [5, 5.41) is 12.4. The van der Waals surface area contributed by atoms with E-state index in [1.165, 1.54) is 41.0 Å². The van der Waals surface area contributed by atoms with Crippen molar-refractivity contribution in [3.63, 3.8) is 0 Å². The van der Waals surface area contributed by atoms with Crippen LogP contribution in [0.25, 0.3) is 0 Å². The molecule has 0 spiro atoms. The van der Waals surface area contributed by atoms with Gasteiger partial charge in [0, 0.05) is 10.9 Å². The molecular weight excluding hydrogens is 495 g/mol. The number of allylic oxidation sites excluding steroid dienone is 4. The third-order valence-corrected chi connectivity index (χ3v) is 8.71. The molecule has 1 saturated heterocycles. The fraction of sp³-hybridized carbons (Fsp3) is 0.419. The summed E-state index contributed by atoms with van der Waals surface area (Å²) in [6, 6.07) is 14.1. The molecule has 1 heterocycles. The minimum Gasteiger partial charge on any atom is -0.849 e. The van der Waals surface area contributed by atoms with Crippen LogP contribution in [0, 0.1) is 17.6 Å². The van der Waals surface area contributed by atoms with Gasteiger partial charge in [0.15, 0.2) is 0 Å². The molecule has 0 aromatic heterocycles. The van der Waals surface area contributed by atoms with Gasteiger partial charge in [-0.1, -0.05) is 50.3 Å². The second kappa shape index (κ2) is 14.7. The van der Waals surface area contributed by atoms with Gasteiger partial charge in [-0.2, -0.15) is 0 Å². The van der Waals surface area contributed by atoms with Crippen LogP contribution in [-0.2, 0) is 6.42 Å². The molecule has 1 fully saturated rings.